The van der Waals surface area contributed by atoms with E-state index in [1.165, 1.54) is 5.56 Å². The second-order valence-corrected chi connectivity index (χ2v) is 10.3. The Balaban J connectivity index is 1.58. The van der Waals surface area contributed by atoms with Gasteiger partial charge in [-0.25, -0.2) is 4.79 Å². The van der Waals surface area contributed by atoms with Crippen molar-refractivity contribution in [3.8, 4) is 0 Å². The fourth-order valence-corrected chi connectivity index (χ4v) is 4.62. The third-order valence-electron chi connectivity index (χ3n) is 6.75. The van der Waals surface area contributed by atoms with Crippen LogP contribution in [0.4, 0.5) is 4.79 Å². The molecule has 1 saturated heterocycles. The molecule has 1 fully saturated rings. The van der Waals surface area contributed by atoms with Gasteiger partial charge in [-0.3, -0.25) is 14.5 Å². The fourth-order valence-electron chi connectivity index (χ4n) is 4.62. The van der Waals surface area contributed by atoms with Crippen LogP contribution in [0.15, 0.2) is 60.7 Å². The first-order valence-corrected chi connectivity index (χ1v) is 12.8. The maximum atomic E-state index is 13.0. The molecule has 0 radical (unpaired) electrons. The zero-order chi connectivity index (χ0) is 26.1. The lowest BCUT2D eigenvalue weighted by molar-refractivity contribution is -0.139. The second kappa shape index (κ2) is 12.7. The summed E-state index contributed by atoms with van der Waals surface area (Å²) in [5, 5.41) is 5.44. The number of carbonyl (C=O) groups is 3. The van der Waals surface area contributed by atoms with E-state index in [1.807, 2.05) is 62.4 Å². The van der Waals surface area contributed by atoms with Crippen LogP contribution < -0.4 is 10.6 Å². The summed E-state index contributed by atoms with van der Waals surface area (Å²) in [6, 6.07) is 18.4. The number of unbranched alkanes of at least 4 members (excludes halogenated alkanes) is 1. The summed E-state index contributed by atoms with van der Waals surface area (Å²) in [6.45, 7) is 10.2. The minimum absolute atomic E-state index is 0.239. The van der Waals surface area contributed by atoms with Crippen LogP contribution in [0.1, 0.15) is 64.1 Å². The number of hydrogen-bond acceptors (Lipinski definition) is 5. The Hall–Kier alpha value is -3.19. The number of ketones is 1. The predicted octanol–water partition coefficient (Wildman–Crippen LogP) is 4.63. The molecule has 1 aliphatic heterocycles. The molecular formula is C29H39N3O4. The van der Waals surface area contributed by atoms with Gasteiger partial charge in [-0.05, 0) is 24.5 Å². The van der Waals surface area contributed by atoms with Crippen molar-refractivity contribution in [3.63, 3.8) is 0 Å². The zero-order valence-corrected chi connectivity index (χ0v) is 21.8. The molecule has 0 saturated carbocycles. The van der Waals surface area contributed by atoms with E-state index in [2.05, 4.69) is 41.5 Å². The maximum absolute atomic E-state index is 13.0. The largest absolute Gasteiger partial charge is 0.444 e. The third kappa shape index (κ3) is 7.65. The first kappa shape index (κ1) is 27.4. The highest BCUT2D eigenvalue weighted by Crippen LogP contribution is 2.33. The molecule has 2 aromatic rings. The quantitative estimate of drug-likeness (QED) is 0.446. The van der Waals surface area contributed by atoms with E-state index < -0.39 is 23.8 Å². The predicted molar refractivity (Wildman–Crippen MR) is 140 cm³/mol. The molecule has 7 nitrogen and oxygen atoms in total. The summed E-state index contributed by atoms with van der Waals surface area (Å²) in [4.78, 5) is 40.8. The van der Waals surface area contributed by atoms with Gasteiger partial charge >= 0.3 is 6.09 Å². The number of nitrogens with one attached hydrogen (secondary N) is 2. The van der Waals surface area contributed by atoms with E-state index in [4.69, 9.17) is 4.74 Å². The van der Waals surface area contributed by atoms with Gasteiger partial charge in [0, 0.05) is 25.0 Å². The van der Waals surface area contributed by atoms with Crippen molar-refractivity contribution in [1.29, 1.82) is 0 Å². The summed E-state index contributed by atoms with van der Waals surface area (Å²) in [5.74, 6) is -1.36. The highest BCUT2D eigenvalue weighted by molar-refractivity contribution is 6.38. The number of hydrogen-bond donors (Lipinski definition) is 2. The fraction of sp³-hybridized carbons (Fsp3) is 0.483. The van der Waals surface area contributed by atoms with Gasteiger partial charge in [0.1, 0.15) is 12.1 Å². The van der Waals surface area contributed by atoms with Gasteiger partial charge in [-0.1, -0.05) is 94.3 Å². The van der Waals surface area contributed by atoms with E-state index in [0.717, 1.165) is 25.1 Å². The first-order chi connectivity index (χ1) is 17.2. The Kier molecular flexibility index (Phi) is 9.65. The molecule has 36 heavy (non-hydrogen) atoms. The van der Waals surface area contributed by atoms with Crippen LogP contribution in [0.25, 0.3) is 0 Å². The van der Waals surface area contributed by atoms with E-state index in [-0.39, 0.29) is 17.6 Å². The summed E-state index contributed by atoms with van der Waals surface area (Å²) < 4.78 is 5.81. The first-order valence-electron chi connectivity index (χ1n) is 12.8. The van der Waals surface area contributed by atoms with Gasteiger partial charge < -0.3 is 15.4 Å². The van der Waals surface area contributed by atoms with Gasteiger partial charge in [0.25, 0.3) is 5.91 Å². The van der Waals surface area contributed by atoms with Crippen LogP contribution >= 0.6 is 0 Å². The van der Waals surface area contributed by atoms with Gasteiger partial charge in [-0.2, -0.15) is 0 Å². The van der Waals surface area contributed by atoms with Crippen molar-refractivity contribution >= 4 is 17.8 Å². The van der Waals surface area contributed by atoms with Crippen molar-refractivity contribution < 1.29 is 19.1 Å². The molecule has 3 rings (SSSR count). The van der Waals surface area contributed by atoms with E-state index in [1.54, 1.807) is 0 Å². The van der Waals surface area contributed by atoms with Crippen LogP contribution in [0, 0.1) is 5.41 Å². The molecule has 0 unspecified atom stereocenters. The van der Waals surface area contributed by atoms with Crippen LogP contribution in [0.3, 0.4) is 0 Å². The molecule has 1 heterocycles. The Morgan fingerprint density at radius 3 is 2.31 bits per heavy atom. The number of Topliss-reactive ketones (excluding diaryl/α,β-unsaturated/α-hetero) is 1. The average Bonchev–Trinajstić information content (AvgIpc) is 3.14. The monoisotopic (exact) mass is 493 g/mol. The summed E-state index contributed by atoms with van der Waals surface area (Å²) in [6.07, 6.45) is 0.944. The Morgan fingerprint density at radius 2 is 1.67 bits per heavy atom. The van der Waals surface area contributed by atoms with Crippen molar-refractivity contribution in [2.45, 2.75) is 71.7 Å². The topological polar surface area (TPSA) is 87.7 Å². The van der Waals surface area contributed by atoms with Crippen molar-refractivity contribution in [2.75, 3.05) is 13.1 Å². The lowest BCUT2D eigenvalue weighted by Gasteiger charge is -2.26. The molecule has 2 aromatic carbocycles. The number of nitrogens with zero attached hydrogens (tertiary/aromatic N) is 1. The van der Waals surface area contributed by atoms with Crippen LogP contribution in [0.2, 0.25) is 0 Å². The lowest BCUT2D eigenvalue weighted by atomic mass is 9.90. The van der Waals surface area contributed by atoms with Crippen molar-refractivity contribution in [1.82, 2.24) is 15.5 Å². The number of likely N-dealkylation sites (tertiary alicyclic amines) is 1. The second-order valence-electron chi connectivity index (χ2n) is 10.3. The molecule has 0 spiro atoms. The Morgan fingerprint density at radius 1 is 1.03 bits per heavy atom. The molecule has 2 N–H and O–H groups in total. The third-order valence-corrected chi connectivity index (χ3v) is 6.75. The summed E-state index contributed by atoms with van der Waals surface area (Å²) >= 11 is 0. The SMILES string of the molecule is CCCC[C@H](NC(=O)O[C@@H]1CN(Cc2ccccc2)CC1(C)C)C(=O)C(=O)N[C@H](C)c1ccccc1. The van der Waals surface area contributed by atoms with Crippen molar-refractivity contribution in [2.24, 2.45) is 5.41 Å². The van der Waals surface area contributed by atoms with Crippen molar-refractivity contribution in [3.05, 3.63) is 71.8 Å². The number of rotatable bonds is 11. The molecule has 3 atom stereocenters. The summed E-state index contributed by atoms with van der Waals surface area (Å²) in [7, 11) is 0. The van der Waals surface area contributed by atoms with Crippen LogP contribution in [-0.4, -0.2) is 47.9 Å². The number of benzene rings is 2. The highest BCUT2D eigenvalue weighted by atomic mass is 16.6. The van der Waals surface area contributed by atoms with Gasteiger partial charge in [0.15, 0.2) is 0 Å². The van der Waals surface area contributed by atoms with E-state index in [0.29, 0.717) is 19.4 Å². The van der Waals surface area contributed by atoms with E-state index in [9.17, 15) is 14.4 Å². The zero-order valence-electron chi connectivity index (χ0n) is 21.8. The summed E-state index contributed by atoms with van der Waals surface area (Å²) in [5.41, 5.74) is 1.87. The number of amides is 2. The number of alkyl carbamates (subject to hydrolysis) is 1. The molecule has 0 bridgehead atoms. The van der Waals surface area contributed by atoms with Gasteiger partial charge in [0.2, 0.25) is 5.78 Å². The Labute approximate surface area is 214 Å². The normalized spacial score (nSPS) is 18.7. The maximum Gasteiger partial charge on any atom is 0.408 e. The average molecular weight is 494 g/mol. The van der Waals surface area contributed by atoms with E-state index >= 15 is 0 Å². The standard InChI is InChI=1S/C29H39N3O4/c1-5-6-17-24(26(33)27(34)30-21(2)23-15-11-8-12-16-23)31-28(35)36-25-19-32(20-29(25,3)4)18-22-13-9-7-10-14-22/h7-16,21,24-25H,5-6,17-20H2,1-4H3,(H,30,34)(H,31,35)/t21-,24+,25-/m1/s1. The number of carbonyl (C=O) groups excluding carboxylic acids is 3. The minimum atomic E-state index is -0.926. The lowest BCUT2D eigenvalue weighted by Crippen LogP contribution is -2.49. The highest BCUT2D eigenvalue weighted by Gasteiger charge is 2.42. The molecule has 194 valence electrons. The van der Waals surface area contributed by atoms with Gasteiger partial charge in [-0.15, -0.1) is 0 Å². The molecular weight excluding hydrogens is 454 g/mol. The number of ether oxygens (including phenoxy) is 1. The molecule has 0 aromatic heterocycles. The smallest absolute Gasteiger partial charge is 0.408 e. The molecule has 7 heteroatoms. The molecule has 2 amide bonds. The van der Waals surface area contributed by atoms with Crippen LogP contribution in [-0.2, 0) is 20.9 Å². The van der Waals surface area contributed by atoms with Crippen LogP contribution in [0.5, 0.6) is 0 Å². The van der Waals surface area contributed by atoms with Gasteiger partial charge in [0.05, 0.1) is 6.04 Å². The molecule has 0 aliphatic carbocycles. The molecule has 1 aliphatic rings. The Bertz CT molecular complexity index is 1010. The minimum Gasteiger partial charge on any atom is -0.444 e.